The van der Waals surface area contributed by atoms with Crippen molar-refractivity contribution in [3.63, 3.8) is 0 Å². The zero-order valence-corrected chi connectivity index (χ0v) is 20.6. The smallest absolute Gasteiger partial charge is 0.252 e. The molecule has 0 bridgehead atoms. The van der Waals surface area contributed by atoms with Gasteiger partial charge in [-0.3, -0.25) is 14.9 Å². The first kappa shape index (κ1) is 24.2. The third kappa shape index (κ3) is 6.33. The third-order valence-electron chi connectivity index (χ3n) is 4.76. The van der Waals surface area contributed by atoms with Crippen molar-refractivity contribution in [2.45, 2.75) is 12.5 Å². The van der Waals surface area contributed by atoms with Gasteiger partial charge in [0.2, 0.25) is 11.0 Å². The zero-order chi connectivity index (χ0) is 24.1. The van der Waals surface area contributed by atoms with E-state index in [0.29, 0.717) is 25.2 Å². The van der Waals surface area contributed by atoms with E-state index in [1.54, 1.807) is 12.1 Å². The van der Waals surface area contributed by atoms with Crippen molar-refractivity contribution in [1.82, 2.24) is 15.5 Å². The van der Waals surface area contributed by atoms with Crippen LogP contribution in [0.5, 0.6) is 0 Å². The Morgan fingerprint density at radius 1 is 0.853 bits per heavy atom. The Bertz CT molecular complexity index is 1310. The Kier molecular flexibility index (Phi) is 7.80. The predicted molar refractivity (Wildman–Crippen MR) is 137 cm³/mol. The average molecular weight is 532 g/mol. The van der Waals surface area contributed by atoms with Crippen LogP contribution in [0.2, 0.25) is 15.1 Å². The number of rotatable bonds is 7. The Morgan fingerprint density at radius 3 is 2.29 bits per heavy atom. The van der Waals surface area contributed by atoms with Gasteiger partial charge in [0.1, 0.15) is 11.0 Å². The minimum atomic E-state index is -0.883. The van der Waals surface area contributed by atoms with Crippen LogP contribution in [-0.2, 0) is 11.2 Å². The molecule has 4 rings (SSSR count). The molecule has 0 unspecified atom stereocenters. The van der Waals surface area contributed by atoms with Crippen molar-refractivity contribution in [2.24, 2.45) is 0 Å². The molecule has 4 aromatic rings. The molecule has 2 amide bonds. The quantitative estimate of drug-likeness (QED) is 0.300. The number of carbonyl (C=O) groups excluding carboxylic acids is 2. The number of benzene rings is 3. The summed E-state index contributed by atoms with van der Waals surface area (Å²) in [5, 5.41) is 15.8. The summed E-state index contributed by atoms with van der Waals surface area (Å²) in [6.07, 6.45) is 0.271. The summed E-state index contributed by atoms with van der Waals surface area (Å²) in [6.45, 7) is 0. The van der Waals surface area contributed by atoms with Crippen LogP contribution in [0, 0.1) is 0 Å². The van der Waals surface area contributed by atoms with Gasteiger partial charge < -0.3 is 5.32 Å². The lowest BCUT2D eigenvalue weighted by molar-refractivity contribution is -0.118. The van der Waals surface area contributed by atoms with E-state index in [1.807, 2.05) is 42.5 Å². The number of aromatic nitrogens is 2. The fraction of sp³-hybridized carbons (Fsp3) is 0.0833. The minimum Gasteiger partial charge on any atom is -0.340 e. The molecule has 0 aliphatic carbocycles. The lowest BCUT2D eigenvalue weighted by Crippen LogP contribution is -2.45. The van der Waals surface area contributed by atoms with E-state index in [9.17, 15) is 9.59 Å². The van der Waals surface area contributed by atoms with Gasteiger partial charge in [0, 0.05) is 32.6 Å². The first-order valence-corrected chi connectivity index (χ1v) is 12.0. The van der Waals surface area contributed by atoms with Crippen LogP contribution in [0.4, 0.5) is 5.13 Å². The number of halogens is 3. The lowest BCUT2D eigenvalue weighted by atomic mass is 10.0. The summed E-state index contributed by atoms with van der Waals surface area (Å²) in [5.41, 5.74) is 1.92. The fourth-order valence-electron chi connectivity index (χ4n) is 3.19. The van der Waals surface area contributed by atoms with E-state index in [1.165, 1.54) is 29.5 Å². The first-order valence-electron chi connectivity index (χ1n) is 10.1. The van der Waals surface area contributed by atoms with Crippen molar-refractivity contribution in [2.75, 3.05) is 5.32 Å². The van der Waals surface area contributed by atoms with Gasteiger partial charge in [-0.15, -0.1) is 10.2 Å². The summed E-state index contributed by atoms with van der Waals surface area (Å²) in [5.74, 6) is -0.906. The van der Waals surface area contributed by atoms with E-state index in [2.05, 4.69) is 20.8 Å². The number of carbonyl (C=O) groups is 2. The normalized spacial score (nSPS) is 11.6. The Morgan fingerprint density at radius 2 is 1.59 bits per heavy atom. The van der Waals surface area contributed by atoms with Crippen LogP contribution >= 0.6 is 46.1 Å². The van der Waals surface area contributed by atoms with Gasteiger partial charge in [0.05, 0.1) is 0 Å². The highest BCUT2D eigenvalue weighted by atomic mass is 35.5. The molecule has 0 aliphatic rings. The minimum absolute atomic E-state index is 0.252. The molecule has 2 N–H and O–H groups in total. The number of hydrogen-bond donors (Lipinski definition) is 2. The van der Waals surface area contributed by atoms with Gasteiger partial charge in [-0.05, 0) is 35.9 Å². The second-order valence-electron chi connectivity index (χ2n) is 7.29. The van der Waals surface area contributed by atoms with Gasteiger partial charge in [0.25, 0.3) is 5.91 Å². The zero-order valence-electron chi connectivity index (χ0n) is 17.5. The maximum atomic E-state index is 13.2. The van der Waals surface area contributed by atoms with Crippen molar-refractivity contribution < 1.29 is 9.59 Å². The number of nitrogens with one attached hydrogen (secondary N) is 2. The highest BCUT2D eigenvalue weighted by Gasteiger charge is 2.24. The van der Waals surface area contributed by atoms with Gasteiger partial charge in [-0.1, -0.05) is 88.6 Å². The van der Waals surface area contributed by atoms with E-state index >= 15 is 0 Å². The topological polar surface area (TPSA) is 84.0 Å². The third-order valence-corrected chi connectivity index (χ3v) is 6.32. The van der Waals surface area contributed by atoms with E-state index in [0.717, 1.165) is 11.1 Å². The largest absolute Gasteiger partial charge is 0.340 e. The van der Waals surface area contributed by atoms with Crippen LogP contribution in [0.15, 0.2) is 72.8 Å². The maximum Gasteiger partial charge on any atom is 0.252 e. The molecule has 1 heterocycles. The summed E-state index contributed by atoms with van der Waals surface area (Å²) < 4.78 is 0. The Labute approximate surface area is 214 Å². The van der Waals surface area contributed by atoms with Crippen molar-refractivity contribution in [1.29, 1.82) is 0 Å². The monoisotopic (exact) mass is 530 g/mol. The van der Waals surface area contributed by atoms with Crippen LogP contribution in [0.25, 0.3) is 10.6 Å². The Hall–Kier alpha value is -2.97. The molecule has 172 valence electrons. The van der Waals surface area contributed by atoms with Crippen molar-refractivity contribution in [3.8, 4) is 10.6 Å². The van der Waals surface area contributed by atoms with Gasteiger partial charge in [-0.2, -0.15) is 0 Å². The standard InChI is InChI=1S/C24H17Cl3N4O2S/c25-17-8-4-7-15(10-17)23-30-31-24(34-23)29-22(33)20(9-14-5-2-1-3-6-14)28-21(32)16-11-18(26)13-19(27)12-16/h1-8,10-13,20H,9H2,(H,28,32)(H,29,31,33)/t20-/m1/s1. The van der Waals surface area contributed by atoms with E-state index in [-0.39, 0.29) is 12.0 Å². The second-order valence-corrected chi connectivity index (χ2v) is 9.57. The first-order chi connectivity index (χ1) is 16.4. The Balaban J connectivity index is 1.53. The molecular weight excluding hydrogens is 515 g/mol. The maximum absolute atomic E-state index is 13.2. The number of amides is 2. The molecule has 3 aromatic carbocycles. The molecule has 6 nitrogen and oxygen atoms in total. The molecule has 0 aliphatic heterocycles. The van der Waals surface area contributed by atoms with Crippen LogP contribution in [-0.4, -0.2) is 28.1 Å². The molecule has 0 saturated carbocycles. The number of hydrogen-bond acceptors (Lipinski definition) is 5. The van der Waals surface area contributed by atoms with Crippen LogP contribution < -0.4 is 10.6 Å². The summed E-state index contributed by atoms with van der Waals surface area (Å²) in [4.78, 5) is 26.0. The lowest BCUT2D eigenvalue weighted by Gasteiger charge is -2.18. The molecule has 10 heteroatoms. The van der Waals surface area contributed by atoms with Gasteiger partial charge in [-0.25, -0.2) is 0 Å². The van der Waals surface area contributed by atoms with Gasteiger partial charge >= 0.3 is 0 Å². The molecule has 1 atom stereocenters. The molecule has 0 fully saturated rings. The summed E-state index contributed by atoms with van der Waals surface area (Å²) >= 11 is 19.3. The van der Waals surface area contributed by atoms with E-state index < -0.39 is 17.9 Å². The van der Waals surface area contributed by atoms with E-state index in [4.69, 9.17) is 34.8 Å². The summed E-state index contributed by atoms with van der Waals surface area (Å²) in [6, 6.07) is 20.2. The van der Waals surface area contributed by atoms with Crippen LogP contribution in [0.3, 0.4) is 0 Å². The van der Waals surface area contributed by atoms with Crippen LogP contribution in [0.1, 0.15) is 15.9 Å². The molecule has 0 saturated heterocycles. The molecule has 0 spiro atoms. The summed E-state index contributed by atoms with van der Waals surface area (Å²) in [7, 11) is 0. The number of anilines is 1. The van der Waals surface area contributed by atoms with Crippen molar-refractivity contribution in [3.05, 3.63) is 99.0 Å². The highest BCUT2D eigenvalue weighted by molar-refractivity contribution is 7.18. The highest BCUT2D eigenvalue weighted by Crippen LogP contribution is 2.28. The van der Waals surface area contributed by atoms with Gasteiger partial charge in [0.15, 0.2) is 0 Å². The number of nitrogens with zero attached hydrogens (tertiary/aromatic N) is 2. The molecular formula is C24H17Cl3N4O2S. The molecule has 34 heavy (non-hydrogen) atoms. The predicted octanol–water partition coefficient (Wildman–Crippen LogP) is 6.15. The fourth-order valence-corrected chi connectivity index (χ4v) is 4.65. The molecule has 0 radical (unpaired) electrons. The second kappa shape index (κ2) is 11.0. The SMILES string of the molecule is O=C(N[C@H](Cc1ccccc1)C(=O)Nc1nnc(-c2cccc(Cl)c2)s1)c1cc(Cl)cc(Cl)c1. The average Bonchev–Trinajstić information content (AvgIpc) is 3.27. The molecule has 1 aromatic heterocycles. The van der Waals surface area contributed by atoms with Crippen molar-refractivity contribution >= 4 is 63.1 Å².